The normalized spacial score (nSPS) is 16.0. The van der Waals surface area contributed by atoms with Crippen molar-refractivity contribution in [1.29, 1.82) is 0 Å². The van der Waals surface area contributed by atoms with E-state index in [1.807, 2.05) is 0 Å². The van der Waals surface area contributed by atoms with Crippen LogP contribution in [0.2, 0.25) is 0 Å². The zero-order valence-electron chi connectivity index (χ0n) is 33.4. The number of anilines is 3. The van der Waals surface area contributed by atoms with Gasteiger partial charge in [0.05, 0.1) is 5.69 Å². The SMILES string of the molecule is Cc1ccc(N(c2ccc(C)cc2C)c2cc3c(c4ccccc24)-c2cc4c(cc2C3(C)C)-c2cc3c(cc2C4(C)C)-c2ccccc2C3(C)C)c(C)c1. The van der Waals surface area contributed by atoms with Gasteiger partial charge in [0.15, 0.2) is 0 Å². The summed E-state index contributed by atoms with van der Waals surface area (Å²) in [5.74, 6) is 0. The number of aryl methyl sites for hydroxylation is 4. The molecule has 3 aliphatic rings. The van der Waals surface area contributed by atoms with Gasteiger partial charge in [0.1, 0.15) is 0 Å². The van der Waals surface area contributed by atoms with E-state index in [1.54, 1.807) is 0 Å². The van der Waals surface area contributed by atoms with Gasteiger partial charge in [0.25, 0.3) is 0 Å². The first-order chi connectivity index (χ1) is 25.7. The summed E-state index contributed by atoms with van der Waals surface area (Å²) in [5, 5.41) is 2.60. The molecule has 7 aromatic rings. The predicted molar refractivity (Wildman–Crippen MR) is 230 cm³/mol. The smallest absolute Gasteiger partial charge is 0.0543 e. The zero-order chi connectivity index (χ0) is 37.6. The van der Waals surface area contributed by atoms with Crippen molar-refractivity contribution in [3.8, 4) is 33.4 Å². The second-order valence-corrected chi connectivity index (χ2v) is 18.1. The summed E-state index contributed by atoms with van der Waals surface area (Å²) in [5.41, 5.74) is 25.4. The van der Waals surface area contributed by atoms with Crippen LogP contribution in [0.15, 0.2) is 115 Å². The van der Waals surface area contributed by atoms with Crippen LogP contribution in [0.5, 0.6) is 0 Å². The van der Waals surface area contributed by atoms with Crippen LogP contribution in [-0.4, -0.2) is 0 Å². The molecule has 0 amide bonds. The zero-order valence-corrected chi connectivity index (χ0v) is 33.4. The molecule has 0 unspecified atom stereocenters. The van der Waals surface area contributed by atoms with E-state index in [0.29, 0.717) is 0 Å². The fourth-order valence-corrected chi connectivity index (χ4v) is 10.7. The van der Waals surface area contributed by atoms with Crippen molar-refractivity contribution in [2.24, 2.45) is 0 Å². The van der Waals surface area contributed by atoms with Gasteiger partial charge in [-0.1, -0.05) is 125 Å². The molecular formula is C53H49N. The Labute approximate surface area is 321 Å². The monoisotopic (exact) mass is 699 g/mol. The fourth-order valence-electron chi connectivity index (χ4n) is 10.7. The first-order valence-corrected chi connectivity index (χ1v) is 19.7. The number of nitrogens with zero attached hydrogens (tertiary/aromatic N) is 1. The largest absolute Gasteiger partial charge is 0.309 e. The molecule has 0 fully saturated rings. The molecule has 0 bridgehead atoms. The van der Waals surface area contributed by atoms with Crippen molar-refractivity contribution in [2.45, 2.75) is 85.5 Å². The van der Waals surface area contributed by atoms with Gasteiger partial charge in [-0.15, -0.1) is 0 Å². The highest BCUT2D eigenvalue weighted by molar-refractivity contribution is 6.11. The maximum atomic E-state index is 2.58. The molecule has 1 heteroatoms. The molecule has 10 rings (SSSR count). The standard InChI is InChI=1S/C53H49N/c1-30-19-21-47(32(3)23-30)54(48-22-20-31(2)24-33(48)4)49-29-46-50(36-17-12-11-16-35(36)49)40-28-44-39(27-45(40)53(46,9)10)38-26-42-37(25-43(38)52(44,7)8)34-15-13-14-18-41(34)51(42,5)6/h11-29H,1-10H3. The summed E-state index contributed by atoms with van der Waals surface area (Å²) in [6.45, 7) is 23.5. The average Bonchev–Trinajstić information content (AvgIpc) is 3.60. The van der Waals surface area contributed by atoms with E-state index in [2.05, 4.69) is 189 Å². The fraction of sp³-hybridized carbons (Fsp3) is 0.245. The molecule has 0 saturated carbocycles. The van der Waals surface area contributed by atoms with Crippen molar-refractivity contribution >= 4 is 27.8 Å². The van der Waals surface area contributed by atoms with Gasteiger partial charge in [0, 0.05) is 33.0 Å². The van der Waals surface area contributed by atoms with Crippen molar-refractivity contribution in [3.05, 3.63) is 171 Å². The number of fused-ring (bicyclic) bond motifs is 11. The Hall–Kier alpha value is -5.40. The summed E-state index contributed by atoms with van der Waals surface area (Å²) >= 11 is 0. The van der Waals surface area contributed by atoms with Crippen LogP contribution in [0.4, 0.5) is 17.1 Å². The first-order valence-electron chi connectivity index (χ1n) is 19.7. The highest BCUT2D eigenvalue weighted by Gasteiger charge is 2.45. The maximum Gasteiger partial charge on any atom is 0.0543 e. The molecule has 0 N–H and O–H groups in total. The lowest BCUT2D eigenvalue weighted by atomic mass is 9.78. The Morgan fingerprint density at radius 3 is 1.37 bits per heavy atom. The molecule has 3 aliphatic carbocycles. The van der Waals surface area contributed by atoms with Crippen molar-refractivity contribution in [2.75, 3.05) is 4.90 Å². The summed E-state index contributed by atoms with van der Waals surface area (Å²) < 4.78 is 0. The lowest BCUT2D eigenvalue weighted by Crippen LogP contribution is -2.18. The second kappa shape index (κ2) is 10.9. The Kier molecular flexibility index (Phi) is 6.67. The van der Waals surface area contributed by atoms with E-state index in [-0.39, 0.29) is 16.2 Å². The van der Waals surface area contributed by atoms with E-state index < -0.39 is 0 Å². The van der Waals surface area contributed by atoms with E-state index in [4.69, 9.17) is 0 Å². The minimum Gasteiger partial charge on any atom is -0.309 e. The molecule has 0 radical (unpaired) electrons. The van der Waals surface area contributed by atoms with Gasteiger partial charge < -0.3 is 4.90 Å². The molecule has 1 nitrogen and oxygen atoms in total. The Morgan fingerprint density at radius 1 is 0.352 bits per heavy atom. The molecule has 0 saturated heterocycles. The van der Waals surface area contributed by atoms with Crippen LogP contribution in [0.3, 0.4) is 0 Å². The number of rotatable bonds is 3. The van der Waals surface area contributed by atoms with Crippen LogP contribution in [0.25, 0.3) is 44.2 Å². The highest BCUT2D eigenvalue weighted by Crippen LogP contribution is 2.61. The van der Waals surface area contributed by atoms with Gasteiger partial charge >= 0.3 is 0 Å². The number of benzene rings is 7. The maximum absolute atomic E-state index is 2.58. The van der Waals surface area contributed by atoms with Gasteiger partial charge in [-0.25, -0.2) is 0 Å². The summed E-state index contributed by atoms with van der Waals surface area (Å²) in [6, 6.07) is 44.7. The molecule has 0 spiro atoms. The molecular weight excluding hydrogens is 651 g/mol. The van der Waals surface area contributed by atoms with Crippen LogP contribution < -0.4 is 4.90 Å². The minimum absolute atomic E-state index is 0.0348. The Bertz CT molecular complexity index is 2740. The van der Waals surface area contributed by atoms with Crippen molar-refractivity contribution in [1.82, 2.24) is 0 Å². The molecule has 266 valence electrons. The van der Waals surface area contributed by atoms with E-state index in [9.17, 15) is 0 Å². The van der Waals surface area contributed by atoms with Gasteiger partial charge in [-0.3, -0.25) is 0 Å². The molecule has 54 heavy (non-hydrogen) atoms. The molecule has 7 aromatic carbocycles. The number of hydrogen-bond acceptors (Lipinski definition) is 1. The van der Waals surface area contributed by atoms with Crippen molar-refractivity contribution in [3.63, 3.8) is 0 Å². The summed E-state index contributed by atoms with van der Waals surface area (Å²) in [6.07, 6.45) is 0. The van der Waals surface area contributed by atoms with Crippen molar-refractivity contribution < 1.29 is 0 Å². The lowest BCUT2D eigenvalue weighted by molar-refractivity contribution is 0.649. The van der Waals surface area contributed by atoms with Gasteiger partial charge in [-0.05, 0) is 153 Å². The third kappa shape index (κ3) is 4.27. The van der Waals surface area contributed by atoms with Crippen LogP contribution in [-0.2, 0) is 16.2 Å². The summed E-state index contributed by atoms with van der Waals surface area (Å²) in [4.78, 5) is 2.53. The van der Waals surface area contributed by atoms with Gasteiger partial charge in [0.2, 0.25) is 0 Å². The highest BCUT2D eigenvalue weighted by atomic mass is 15.1. The number of hydrogen-bond donors (Lipinski definition) is 0. The van der Waals surface area contributed by atoms with Gasteiger partial charge in [-0.2, -0.15) is 0 Å². The van der Waals surface area contributed by atoms with Crippen LogP contribution in [0, 0.1) is 27.7 Å². The quantitative estimate of drug-likeness (QED) is 0.177. The lowest BCUT2D eigenvalue weighted by Gasteiger charge is -2.32. The molecule has 0 heterocycles. The molecule has 0 aromatic heterocycles. The Balaban J connectivity index is 1.22. The van der Waals surface area contributed by atoms with E-state index in [1.165, 1.54) is 117 Å². The molecule has 0 atom stereocenters. The van der Waals surface area contributed by atoms with E-state index in [0.717, 1.165) is 0 Å². The van der Waals surface area contributed by atoms with E-state index >= 15 is 0 Å². The van der Waals surface area contributed by atoms with Crippen LogP contribution in [0.1, 0.15) is 97.2 Å². The first kappa shape index (κ1) is 33.2. The topological polar surface area (TPSA) is 3.24 Å². The third-order valence-corrected chi connectivity index (χ3v) is 13.6. The summed E-state index contributed by atoms with van der Waals surface area (Å²) in [7, 11) is 0. The third-order valence-electron chi connectivity index (χ3n) is 13.6. The predicted octanol–water partition coefficient (Wildman–Crippen LogP) is 14.5. The minimum atomic E-state index is -0.200. The Morgan fingerprint density at radius 2 is 0.796 bits per heavy atom. The van der Waals surface area contributed by atoms with Crippen LogP contribution >= 0.6 is 0 Å². The average molecular weight is 700 g/mol. The second-order valence-electron chi connectivity index (χ2n) is 18.1. The molecule has 0 aliphatic heterocycles.